The summed E-state index contributed by atoms with van der Waals surface area (Å²) in [5.41, 5.74) is -1.17. The third-order valence-corrected chi connectivity index (χ3v) is 5.88. The lowest BCUT2D eigenvalue weighted by molar-refractivity contribution is 0.0589. The van der Waals surface area contributed by atoms with Crippen LogP contribution in [0.3, 0.4) is 0 Å². The Morgan fingerprint density at radius 3 is 1.74 bits per heavy atom. The zero-order chi connectivity index (χ0) is 27.4. The van der Waals surface area contributed by atoms with E-state index in [1.807, 2.05) is 0 Å². The van der Waals surface area contributed by atoms with Crippen molar-refractivity contribution < 1.29 is 38.9 Å². The van der Waals surface area contributed by atoms with Crippen molar-refractivity contribution in [1.82, 2.24) is 0 Å². The lowest BCUT2D eigenvalue weighted by Gasteiger charge is -2.20. The summed E-state index contributed by atoms with van der Waals surface area (Å²) in [6.45, 7) is 1.65. The molecule has 0 radical (unpaired) electrons. The molecule has 190 valence electrons. The molecule has 8 heteroatoms. The molecule has 0 saturated carbocycles. The number of aryl methyl sites for hydroxylation is 1. The van der Waals surface area contributed by atoms with Crippen molar-refractivity contribution in [1.29, 1.82) is 0 Å². The number of esters is 2. The predicted octanol–water partition coefficient (Wildman–Crippen LogP) is 4.87. The van der Waals surface area contributed by atoms with Gasteiger partial charge < -0.3 is 19.7 Å². The fourth-order valence-corrected chi connectivity index (χ4v) is 3.97. The standard InChI is InChI=1S/C30H22O8/c1-17-11-9-10-16-20(17)25(32)23-21(30(36)37-2)22(24(31)18-12-5-3-6-13-18)26(33)27(34)28(23)38-29(35)19-14-7-4-8-15-19/h3-16,33-34H,1-2H3. The van der Waals surface area contributed by atoms with Crippen LogP contribution in [0.25, 0.3) is 0 Å². The summed E-state index contributed by atoms with van der Waals surface area (Å²) in [4.78, 5) is 53.5. The molecular formula is C30H22O8. The topological polar surface area (TPSA) is 127 Å². The molecule has 38 heavy (non-hydrogen) atoms. The first-order chi connectivity index (χ1) is 18.3. The van der Waals surface area contributed by atoms with E-state index in [1.54, 1.807) is 61.5 Å². The van der Waals surface area contributed by atoms with Gasteiger partial charge in [-0.05, 0) is 24.6 Å². The van der Waals surface area contributed by atoms with Gasteiger partial charge in [0.15, 0.2) is 23.1 Å². The summed E-state index contributed by atoms with van der Waals surface area (Å²) in [6.07, 6.45) is 0. The van der Waals surface area contributed by atoms with E-state index < -0.39 is 57.4 Å². The largest absolute Gasteiger partial charge is 0.504 e. The number of hydrogen-bond donors (Lipinski definition) is 2. The third kappa shape index (κ3) is 4.75. The molecule has 0 heterocycles. The Bertz CT molecular complexity index is 1560. The van der Waals surface area contributed by atoms with Crippen molar-refractivity contribution >= 4 is 23.5 Å². The molecule has 0 bridgehead atoms. The van der Waals surface area contributed by atoms with Crippen LogP contribution in [0, 0.1) is 6.92 Å². The van der Waals surface area contributed by atoms with Gasteiger partial charge in [-0.2, -0.15) is 0 Å². The molecule has 0 aromatic heterocycles. The zero-order valence-corrected chi connectivity index (χ0v) is 20.4. The summed E-state index contributed by atoms with van der Waals surface area (Å²) in [6, 6.07) is 21.8. The highest BCUT2D eigenvalue weighted by Gasteiger charge is 2.37. The van der Waals surface area contributed by atoms with Gasteiger partial charge in [-0.15, -0.1) is 0 Å². The van der Waals surface area contributed by atoms with Gasteiger partial charge in [0, 0.05) is 11.1 Å². The van der Waals surface area contributed by atoms with Crippen LogP contribution in [0.15, 0.2) is 84.9 Å². The molecule has 0 aliphatic rings. The van der Waals surface area contributed by atoms with Gasteiger partial charge in [0.1, 0.15) is 0 Å². The minimum atomic E-state index is -1.16. The van der Waals surface area contributed by atoms with Gasteiger partial charge in [0.25, 0.3) is 0 Å². The van der Waals surface area contributed by atoms with Crippen LogP contribution in [0.4, 0.5) is 0 Å². The van der Waals surface area contributed by atoms with E-state index >= 15 is 0 Å². The minimum absolute atomic E-state index is 0.0654. The van der Waals surface area contributed by atoms with Crippen molar-refractivity contribution in [3.05, 3.63) is 124 Å². The Hall–Kier alpha value is -5.24. The van der Waals surface area contributed by atoms with E-state index in [9.17, 15) is 29.4 Å². The van der Waals surface area contributed by atoms with E-state index in [0.717, 1.165) is 7.11 Å². The normalized spacial score (nSPS) is 10.5. The van der Waals surface area contributed by atoms with Crippen LogP contribution in [-0.4, -0.2) is 40.8 Å². The van der Waals surface area contributed by atoms with Gasteiger partial charge in [-0.25, -0.2) is 9.59 Å². The number of aromatic hydroxyl groups is 2. The Morgan fingerprint density at radius 1 is 0.605 bits per heavy atom. The number of hydrogen-bond acceptors (Lipinski definition) is 8. The fraction of sp³-hybridized carbons (Fsp3) is 0.0667. The van der Waals surface area contributed by atoms with Crippen LogP contribution >= 0.6 is 0 Å². The molecule has 0 amide bonds. The molecule has 0 aliphatic heterocycles. The molecule has 4 aromatic carbocycles. The second-order valence-electron chi connectivity index (χ2n) is 8.24. The number of ether oxygens (including phenoxy) is 2. The van der Waals surface area contributed by atoms with Crippen molar-refractivity contribution in [2.75, 3.05) is 7.11 Å². The Balaban J connectivity index is 2.06. The lowest BCUT2D eigenvalue weighted by atomic mass is 9.88. The van der Waals surface area contributed by atoms with Crippen LogP contribution in [0.2, 0.25) is 0 Å². The Labute approximate surface area is 217 Å². The number of methoxy groups -OCH3 is 1. The highest BCUT2D eigenvalue weighted by Crippen LogP contribution is 2.46. The second kappa shape index (κ2) is 10.8. The maximum Gasteiger partial charge on any atom is 0.343 e. The van der Waals surface area contributed by atoms with Crippen LogP contribution in [-0.2, 0) is 4.74 Å². The first-order valence-electron chi connectivity index (χ1n) is 11.4. The number of benzene rings is 4. The maximum atomic E-state index is 13.9. The van der Waals surface area contributed by atoms with Gasteiger partial charge in [0.05, 0.1) is 29.4 Å². The van der Waals surface area contributed by atoms with E-state index in [0.29, 0.717) is 5.56 Å². The fourth-order valence-electron chi connectivity index (χ4n) is 3.97. The molecular weight excluding hydrogens is 488 g/mol. The highest BCUT2D eigenvalue weighted by atomic mass is 16.5. The molecule has 2 N–H and O–H groups in total. The van der Waals surface area contributed by atoms with E-state index in [2.05, 4.69) is 0 Å². The molecule has 0 spiro atoms. The minimum Gasteiger partial charge on any atom is -0.504 e. The summed E-state index contributed by atoms with van der Waals surface area (Å²) in [5.74, 6) is -6.72. The highest BCUT2D eigenvalue weighted by molar-refractivity contribution is 6.24. The molecule has 0 unspecified atom stereocenters. The van der Waals surface area contributed by atoms with Crippen molar-refractivity contribution in [3.63, 3.8) is 0 Å². The quantitative estimate of drug-likeness (QED) is 0.156. The van der Waals surface area contributed by atoms with Crippen molar-refractivity contribution in [2.24, 2.45) is 0 Å². The lowest BCUT2D eigenvalue weighted by Crippen LogP contribution is -2.21. The average Bonchev–Trinajstić information content (AvgIpc) is 2.95. The average molecular weight is 510 g/mol. The van der Waals surface area contributed by atoms with Gasteiger partial charge >= 0.3 is 11.9 Å². The van der Waals surface area contributed by atoms with Crippen LogP contribution in [0.5, 0.6) is 17.2 Å². The first kappa shape index (κ1) is 25.8. The number of ketones is 2. The maximum absolute atomic E-state index is 13.9. The monoisotopic (exact) mass is 510 g/mol. The summed E-state index contributed by atoms with van der Waals surface area (Å²) < 4.78 is 10.3. The zero-order valence-electron chi connectivity index (χ0n) is 20.4. The van der Waals surface area contributed by atoms with Gasteiger partial charge in [-0.3, -0.25) is 9.59 Å². The molecule has 0 saturated heterocycles. The molecule has 4 aromatic rings. The first-order valence-corrected chi connectivity index (χ1v) is 11.4. The van der Waals surface area contributed by atoms with Crippen LogP contribution in [0.1, 0.15) is 58.1 Å². The van der Waals surface area contributed by atoms with Crippen molar-refractivity contribution in [3.8, 4) is 17.2 Å². The number of rotatable bonds is 7. The van der Waals surface area contributed by atoms with E-state index in [4.69, 9.17) is 9.47 Å². The predicted molar refractivity (Wildman–Crippen MR) is 137 cm³/mol. The molecule has 0 aliphatic carbocycles. The molecule has 8 nitrogen and oxygen atoms in total. The summed E-state index contributed by atoms with van der Waals surface area (Å²) in [5, 5.41) is 22.0. The SMILES string of the molecule is COC(=O)c1c(C(=O)c2ccccc2)c(O)c(O)c(OC(=O)c2ccccc2)c1C(=O)c1ccccc1C. The van der Waals surface area contributed by atoms with Crippen LogP contribution < -0.4 is 4.74 Å². The second-order valence-corrected chi connectivity index (χ2v) is 8.24. The summed E-state index contributed by atoms with van der Waals surface area (Å²) in [7, 11) is 1.03. The number of phenols is 2. The van der Waals surface area contributed by atoms with Gasteiger partial charge in [-0.1, -0.05) is 72.8 Å². The Morgan fingerprint density at radius 2 is 1.16 bits per heavy atom. The smallest absolute Gasteiger partial charge is 0.343 e. The number of phenolic OH excluding ortho intramolecular Hbond substituents is 2. The number of carbonyl (C=O) groups is 4. The van der Waals surface area contributed by atoms with E-state index in [-0.39, 0.29) is 16.7 Å². The van der Waals surface area contributed by atoms with E-state index in [1.165, 1.54) is 30.3 Å². The molecule has 0 atom stereocenters. The third-order valence-electron chi connectivity index (χ3n) is 5.88. The molecule has 0 fully saturated rings. The van der Waals surface area contributed by atoms with Crippen molar-refractivity contribution in [2.45, 2.75) is 6.92 Å². The van der Waals surface area contributed by atoms with Gasteiger partial charge in [0.2, 0.25) is 5.75 Å². The summed E-state index contributed by atoms with van der Waals surface area (Å²) >= 11 is 0. The molecule has 4 rings (SSSR count). The Kier molecular flexibility index (Phi) is 7.34. The number of carbonyl (C=O) groups excluding carboxylic acids is 4.